The Labute approximate surface area is 101 Å². The van der Waals surface area contributed by atoms with Crippen LogP contribution in [0.5, 0.6) is 0 Å². The van der Waals surface area contributed by atoms with Gasteiger partial charge >= 0.3 is 0 Å². The lowest BCUT2D eigenvalue weighted by atomic mass is 9.97. The van der Waals surface area contributed by atoms with E-state index in [9.17, 15) is 0 Å². The molecule has 16 heavy (non-hydrogen) atoms. The summed E-state index contributed by atoms with van der Waals surface area (Å²) in [4.78, 5) is 0. The van der Waals surface area contributed by atoms with Crippen LogP contribution in [0.25, 0.3) is 0 Å². The van der Waals surface area contributed by atoms with Crippen LogP contribution in [-0.2, 0) is 0 Å². The first kappa shape index (κ1) is 11.4. The normalized spacial score (nSPS) is 12.6. The standard InChI is InChI=1S/C14H17NS/c1-3-15-14(12-8-9-16-10-12)13-7-5-4-6-11(13)2/h4-10,14-15H,3H2,1-2H3. The number of aryl methyl sites for hydroxylation is 1. The van der Waals surface area contributed by atoms with Gasteiger partial charge in [-0.15, -0.1) is 0 Å². The van der Waals surface area contributed by atoms with Crippen molar-refractivity contribution in [1.82, 2.24) is 5.32 Å². The van der Waals surface area contributed by atoms with E-state index in [1.807, 2.05) is 0 Å². The second kappa shape index (κ2) is 5.28. The topological polar surface area (TPSA) is 12.0 Å². The van der Waals surface area contributed by atoms with Crippen molar-refractivity contribution in [2.24, 2.45) is 0 Å². The Morgan fingerprint density at radius 3 is 2.69 bits per heavy atom. The Kier molecular flexibility index (Phi) is 3.75. The summed E-state index contributed by atoms with van der Waals surface area (Å²) in [6.45, 7) is 5.30. The highest BCUT2D eigenvalue weighted by Crippen LogP contribution is 2.26. The van der Waals surface area contributed by atoms with Crippen LogP contribution >= 0.6 is 11.3 Å². The maximum Gasteiger partial charge on any atom is 0.0587 e. The second-order valence-electron chi connectivity index (χ2n) is 3.90. The fraction of sp³-hybridized carbons (Fsp3) is 0.286. The van der Waals surface area contributed by atoms with Crippen molar-refractivity contribution in [3.05, 3.63) is 57.8 Å². The van der Waals surface area contributed by atoms with E-state index in [1.54, 1.807) is 11.3 Å². The molecule has 2 aromatic rings. The molecule has 0 bridgehead atoms. The molecule has 84 valence electrons. The first-order chi connectivity index (χ1) is 7.83. The third kappa shape index (κ3) is 2.34. The lowest BCUT2D eigenvalue weighted by molar-refractivity contribution is 0.629. The van der Waals surface area contributed by atoms with Gasteiger partial charge in [0, 0.05) is 0 Å². The Bertz CT molecular complexity index is 434. The molecule has 2 rings (SSSR count). The quantitative estimate of drug-likeness (QED) is 0.845. The Morgan fingerprint density at radius 2 is 2.06 bits per heavy atom. The van der Waals surface area contributed by atoms with E-state index in [4.69, 9.17) is 0 Å². The summed E-state index contributed by atoms with van der Waals surface area (Å²) < 4.78 is 0. The monoisotopic (exact) mass is 231 g/mol. The molecule has 0 saturated heterocycles. The molecule has 0 saturated carbocycles. The Hall–Kier alpha value is -1.12. The number of thiophene rings is 1. The van der Waals surface area contributed by atoms with Gasteiger partial charge in [-0.3, -0.25) is 0 Å². The molecule has 0 aliphatic carbocycles. The third-order valence-corrected chi connectivity index (χ3v) is 3.49. The number of hydrogen-bond acceptors (Lipinski definition) is 2. The summed E-state index contributed by atoms with van der Waals surface area (Å²) in [6, 6.07) is 11.1. The van der Waals surface area contributed by atoms with E-state index >= 15 is 0 Å². The van der Waals surface area contributed by atoms with Crippen molar-refractivity contribution >= 4 is 11.3 Å². The minimum atomic E-state index is 0.331. The molecule has 1 atom stereocenters. The van der Waals surface area contributed by atoms with Crippen LogP contribution in [-0.4, -0.2) is 6.54 Å². The predicted octanol–water partition coefficient (Wildman–Crippen LogP) is 3.76. The summed E-state index contributed by atoms with van der Waals surface area (Å²) >= 11 is 1.75. The SMILES string of the molecule is CCNC(c1ccsc1)c1ccccc1C. The molecule has 0 amide bonds. The molecule has 1 unspecified atom stereocenters. The van der Waals surface area contributed by atoms with Crippen molar-refractivity contribution in [3.8, 4) is 0 Å². The highest BCUT2D eigenvalue weighted by Gasteiger charge is 2.14. The van der Waals surface area contributed by atoms with Crippen molar-refractivity contribution in [2.75, 3.05) is 6.54 Å². The Balaban J connectivity index is 2.37. The number of rotatable bonds is 4. The molecular weight excluding hydrogens is 214 g/mol. The van der Waals surface area contributed by atoms with E-state index in [-0.39, 0.29) is 0 Å². The van der Waals surface area contributed by atoms with Crippen molar-refractivity contribution in [2.45, 2.75) is 19.9 Å². The molecule has 0 aliphatic rings. The summed E-state index contributed by atoms with van der Waals surface area (Å²) in [5.74, 6) is 0. The van der Waals surface area contributed by atoms with Gasteiger partial charge in [0.25, 0.3) is 0 Å². The number of hydrogen-bond donors (Lipinski definition) is 1. The zero-order chi connectivity index (χ0) is 11.4. The maximum absolute atomic E-state index is 3.55. The maximum atomic E-state index is 3.55. The van der Waals surface area contributed by atoms with Crippen LogP contribution in [0.15, 0.2) is 41.1 Å². The molecule has 2 heteroatoms. The highest BCUT2D eigenvalue weighted by atomic mass is 32.1. The first-order valence-corrected chi connectivity index (χ1v) is 6.58. The highest BCUT2D eigenvalue weighted by molar-refractivity contribution is 7.08. The second-order valence-corrected chi connectivity index (χ2v) is 4.68. The number of benzene rings is 1. The van der Waals surface area contributed by atoms with Gasteiger partial charge in [-0.05, 0) is 47.0 Å². The minimum absolute atomic E-state index is 0.331. The number of nitrogens with one attached hydrogen (secondary N) is 1. The van der Waals surface area contributed by atoms with Crippen LogP contribution in [0, 0.1) is 6.92 Å². The van der Waals surface area contributed by atoms with Gasteiger partial charge in [-0.1, -0.05) is 31.2 Å². The smallest absolute Gasteiger partial charge is 0.0587 e. The van der Waals surface area contributed by atoms with E-state index in [0.717, 1.165) is 6.54 Å². The molecule has 1 nitrogen and oxygen atoms in total. The molecule has 0 aliphatic heterocycles. The Morgan fingerprint density at radius 1 is 1.25 bits per heavy atom. The van der Waals surface area contributed by atoms with Gasteiger partial charge in [0.1, 0.15) is 0 Å². The van der Waals surface area contributed by atoms with E-state index in [0.29, 0.717) is 6.04 Å². The predicted molar refractivity (Wildman–Crippen MR) is 71.0 cm³/mol. The average molecular weight is 231 g/mol. The summed E-state index contributed by atoms with van der Waals surface area (Å²) in [5.41, 5.74) is 4.09. The average Bonchev–Trinajstić information content (AvgIpc) is 2.80. The molecule has 1 aromatic carbocycles. The van der Waals surface area contributed by atoms with Crippen molar-refractivity contribution in [1.29, 1.82) is 0 Å². The molecule has 1 heterocycles. The minimum Gasteiger partial charge on any atom is -0.306 e. The first-order valence-electron chi connectivity index (χ1n) is 5.64. The fourth-order valence-corrected chi connectivity index (χ4v) is 2.65. The summed E-state index contributed by atoms with van der Waals surface area (Å²) in [6.07, 6.45) is 0. The molecule has 0 radical (unpaired) electrons. The van der Waals surface area contributed by atoms with Gasteiger partial charge in [-0.25, -0.2) is 0 Å². The molecule has 1 N–H and O–H groups in total. The van der Waals surface area contributed by atoms with Crippen LogP contribution in [0.4, 0.5) is 0 Å². The van der Waals surface area contributed by atoms with Crippen molar-refractivity contribution in [3.63, 3.8) is 0 Å². The lowest BCUT2D eigenvalue weighted by Crippen LogP contribution is -2.22. The molecule has 1 aromatic heterocycles. The van der Waals surface area contributed by atoms with Crippen molar-refractivity contribution < 1.29 is 0 Å². The third-order valence-electron chi connectivity index (χ3n) is 2.78. The zero-order valence-electron chi connectivity index (χ0n) is 9.73. The molecule has 0 fully saturated rings. The van der Waals surface area contributed by atoms with Gasteiger partial charge in [0.15, 0.2) is 0 Å². The summed E-state index contributed by atoms with van der Waals surface area (Å²) in [5, 5.41) is 7.91. The van der Waals surface area contributed by atoms with E-state index < -0.39 is 0 Å². The molecule has 0 spiro atoms. The van der Waals surface area contributed by atoms with Gasteiger partial charge in [0.2, 0.25) is 0 Å². The zero-order valence-corrected chi connectivity index (χ0v) is 10.6. The van der Waals surface area contributed by atoms with E-state index in [2.05, 4.69) is 60.3 Å². The van der Waals surface area contributed by atoms with Crippen LogP contribution in [0.1, 0.15) is 29.7 Å². The largest absolute Gasteiger partial charge is 0.306 e. The van der Waals surface area contributed by atoms with Gasteiger partial charge in [-0.2, -0.15) is 11.3 Å². The van der Waals surface area contributed by atoms with Crippen LogP contribution in [0.3, 0.4) is 0 Å². The lowest BCUT2D eigenvalue weighted by Gasteiger charge is -2.19. The van der Waals surface area contributed by atoms with Crippen LogP contribution < -0.4 is 5.32 Å². The van der Waals surface area contributed by atoms with Gasteiger partial charge in [0.05, 0.1) is 6.04 Å². The summed E-state index contributed by atoms with van der Waals surface area (Å²) in [7, 11) is 0. The fourth-order valence-electron chi connectivity index (χ4n) is 1.96. The van der Waals surface area contributed by atoms with Gasteiger partial charge < -0.3 is 5.32 Å². The van der Waals surface area contributed by atoms with Crippen LogP contribution in [0.2, 0.25) is 0 Å². The molecular formula is C14H17NS. The van der Waals surface area contributed by atoms with E-state index in [1.165, 1.54) is 16.7 Å².